The summed E-state index contributed by atoms with van der Waals surface area (Å²) in [4.78, 5) is 20.0. The molecular formula is C36H44BrN3O9PS2+. The summed E-state index contributed by atoms with van der Waals surface area (Å²) in [6.07, 6.45) is 0. The van der Waals surface area contributed by atoms with Crippen molar-refractivity contribution in [3.63, 3.8) is 0 Å². The van der Waals surface area contributed by atoms with Crippen molar-refractivity contribution < 1.29 is 40.2 Å². The van der Waals surface area contributed by atoms with Crippen molar-refractivity contribution in [3.8, 4) is 22.5 Å². The standard InChI is InChI=1S/C35H39BrN3O9PS2.CH4/c1-5-38(6-2)25-13-16-28-31(19-25)48-32-20-26(39(7-3)8-4)14-17-29(32)34(28)30-18-15-27(21-33(30)51(45,46)47)50(43,44)37-22-23-9-11-24(12-10-23)35(36)49(40,41)42;/h9-21,35,37H,5-8,22H2,1-4H3,(H2-,40,41,42,45,46,47);1H4/p+1. The monoisotopic (exact) mass is 836 g/mol. The summed E-state index contributed by atoms with van der Waals surface area (Å²) in [5.41, 5.74) is 3.31. The summed E-state index contributed by atoms with van der Waals surface area (Å²) in [5, 5.41) is 1.48. The van der Waals surface area contributed by atoms with Crippen LogP contribution in [0.25, 0.3) is 33.4 Å². The molecule has 52 heavy (non-hydrogen) atoms. The van der Waals surface area contributed by atoms with Crippen LogP contribution in [-0.4, -0.2) is 57.4 Å². The Kier molecular flexibility index (Phi) is 13.0. The summed E-state index contributed by atoms with van der Waals surface area (Å²) in [6, 6.07) is 20.8. The third-order valence-electron chi connectivity index (χ3n) is 8.77. The SMILES string of the molecule is C.CCN(CC)c1ccc2c(-c3ccc(S(=O)(=O)NCc4ccc(C(Br)P(=O)(O)O)cc4)cc3S(=O)(=O)O)c3ccc(=[N+](CC)CC)cc-3oc2c1. The zero-order chi connectivity index (χ0) is 37.3. The van der Waals surface area contributed by atoms with Gasteiger partial charge in [-0.05, 0) is 69.2 Å². The molecule has 0 aromatic heterocycles. The van der Waals surface area contributed by atoms with Crippen LogP contribution in [0.4, 0.5) is 5.69 Å². The average molecular weight is 838 g/mol. The number of anilines is 1. The second kappa shape index (κ2) is 16.3. The van der Waals surface area contributed by atoms with E-state index >= 15 is 0 Å². The molecule has 2 aliphatic rings. The molecule has 0 spiro atoms. The molecular weight excluding hydrogens is 793 g/mol. The Morgan fingerprint density at radius 1 is 0.865 bits per heavy atom. The third kappa shape index (κ3) is 8.69. The van der Waals surface area contributed by atoms with Crippen LogP contribution in [0, 0.1) is 0 Å². The van der Waals surface area contributed by atoms with Crippen molar-refractivity contribution >= 4 is 60.3 Å². The molecule has 1 atom stereocenters. The predicted molar refractivity (Wildman–Crippen MR) is 209 cm³/mol. The zero-order valence-electron chi connectivity index (χ0n) is 28.4. The number of nitrogens with one attached hydrogen (secondary N) is 1. The molecule has 0 fully saturated rings. The normalized spacial score (nSPS) is 12.8. The first-order chi connectivity index (χ1) is 24.0. The molecule has 5 rings (SSSR count). The molecule has 4 N–H and O–H groups in total. The highest BCUT2D eigenvalue weighted by Gasteiger charge is 2.29. The van der Waals surface area contributed by atoms with E-state index in [9.17, 15) is 35.7 Å². The van der Waals surface area contributed by atoms with Crippen LogP contribution in [0.3, 0.4) is 0 Å². The molecule has 1 unspecified atom stereocenters. The van der Waals surface area contributed by atoms with Gasteiger partial charge in [-0.15, -0.1) is 0 Å². The lowest BCUT2D eigenvalue weighted by Gasteiger charge is -2.22. The molecule has 280 valence electrons. The Bertz CT molecular complexity index is 2380. The summed E-state index contributed by atoms with van der Waals surface area (Å²) >= 11 is 2.98. The summed E-state index contributed by atoms with van der Waals surface area (Å²) in [5.74, 6) is 0.483. The third-order valence-corrected chi connectivity index (χ3v) is 14.1. The van der Waals surface area contributed by atoms with E-state index in [4.69, 9.17) is 4.42 Å². The van der Waals surface area contributed by atoms with Gasteiger partial charge in [0.05, 0.1) is 11.0 Å². The maximum absolute atomic E-state index is 13.5. The fraction of sp³-hybridized carbons (Fsp3) is 0.306. The molecule has 0 amide bonds. The van der Waals surface area contributed by atoms with Gasteiger partial charge in [-0.25, -0.2) is 17.7 Å². The first-order valence-electron chi connectivity index (χ1n) is 16.3. The predicted octanol–water partition coefficient (Wildman–Crippen LogP) is 6.80. The highest BCUT2D eigenvalue weighted by atomic mass is 79.9. The number of benzene rings is 4. The van der Waals surface area contributed by atoms with E-state index in [0.29, 0.717) is 39.0 Å². The van der Waals surface area contributed by atoms with Crippen LogP contribution in [0.2, 0.25) is 0 Å². The van der Waals surface area contributed by atoms with Gasteiger partial charge in [0.2, 0.25) is 15.4 Å². The van der Waals surface area contributed by atoms with Gasteiger partial charge < -0.3 is 19.1 Å². The van der Waals surface area contributed by atoms with Gasteiger partial charge in [0.25, 0.3) is 10.1 Å². The van der Waals surface area contributed by atoms with E-state index in [-0.39, 0.29) is 24.4 Å². The average Bonchev–Trinajstić information content (AvgIpc) is 3.09. The van der Waals surface area contributed by atoms with Crippen LogP contribution in [0.1, 0.15) is 50.8 Å². The summed E-state index contributed by atoms with van der Waals surface area (Å²) < 4.78 is 84.9. The Labute approximate surface area is 313 Å². The van der Waals surface area contributed by atoms with Gasteiger partial charge in [-0.1, -0.05) is 53.7 Å². The molecule has 0 saturated heterocycles. The van der Waals surface area contributed by atoms with E-state index in [1.54, 1.807) is 0 Å². The number of sulfonamides is 1. The van der Waals surface area contributed by atoms with Crippen molar-refractivity contribution in [2.75, 3.05) is 31.1 Å². The molecule has 1 aliphatic heterocycles. The Hall–Kier alpha value is -3.40. The van der Waals surface area contributed by atoms with Gasteiger partial charge in [0.1, 0.15) is 33.9 Å². The van der Waals surface area contributed by atoms with Crippen molar-refractivity contribution in [1.82, 2.24) is 9.30 Å². The first-order valence-corrected chi connectivity index (χ1v) is 21.8. The quantitative estimate of drug-likeness (QED) is 0.0325. The Balaban J connectivity index is 0.00000605. The minimum absolute atomic E-state index is 0. The lowest BCUT2D eigenvalue weighted by molar-refractivity contribution is 0.371. The number of alkyl halides is 1. The number of hydrogen-bond donors (Lipinski definition) is 4. The van der Waals surface area contributed by atoms with Crippen molar-refractivity contribution in [2.45, 2.75) is 56.0 Å². The summed E-state index contributed by atoms with van der Waals surface area (Å²) in [6.45, 7) is 11.0. The highest BCUT2D eigenvalue weighted by molar-refractivity contribution is 9.10. The van der Waals surface area contributed by atoms with Gasteiger partial charge in [0.15, 0.2) is 0 Å². The molecule has 12 nitrogen and oxygen atoms in total. The van der Waals surface area contributed by atoms with Crippen LogP contribution in [-0.2, 0) is 31.3 Å². The minimum Gasteiger partial charge on any atom is -0.456 e. The zero-order valence-corrected chi connectivity index (χ0v) is 32.6. The Morgan fingerprint density at radius 3 is 2.08 bits per heavy atom. The summed E-state index contributed by atoms with van der Waals surface area (Å²) in [7, 11) is -13.7. The smallest absolute Gasteiger partial charge is 0.343 e. The second-order valence-corrected chi connectivity index (χ2v) is 18.3. The van der Waals surface area contributed by atoms with E-state index < -0.39 is 37.2 Å². The molecule has 3 aromatic rings. The van der Waals surface area contributed by atoms with E-state index in [2.05, 4.69) is 30.1 Å². The second-order valence-electron chi connectivity index (χ2n) is 11.8. The highest BCUT2D eigenvalue weighted by Crippen LogP contribution is 2.55. The first kappa shape index (κ1) is 41.4. The van der Waals surface area contributed by atoms with Crippen molar-refractivity contribution in [3.05, 3.63) is 95.3 Å². The van der Waals surface area contributed by atoms with Gasteiger partial charge in [-0.3, -0.25) is 9.12 Å². The minimum atomic E-state index is -4.96. The van der Waals surface area contributed by atoms with Crippen molar-refractivity contribution in [1.29, 1.82) is 0 Å². The fourth-order valence-electron chi connectivity index (χ4n) is 6.07. The topological polar surface area (TPSA) is 177 Å². The van der Waals surface area contributed by atoms with Crippen LogP contribution >= 0.6 is 23.5 Å². The molecule has 3 aromatic carbocycles. The molecule has 0 radical (unpaired) electrons. The van der Waals surface area contributed by atoms with E-state index in [1.165, 1.54) is 36.4 Å². The van der Waals surface area contributed by atoms with Gasteiger partial charge >= 0.3 is 7.60 Å². The maximum Gasteiger partial charge on any atom is 0.343 e. The number of fused-ring (bicyclic) bond motifs is 2. The molecule has 0 bridgehead atoms. The van der Waals surface area contributed by atoms with Gasteiger partial charge in [0, 0.05) is 59.5 Å². The van der Waals surface area contributed by atoms with Crippen LogP contribution in [0.15, 0.2) is 93.1 Å². The van der Waals surface area contributed by atoms with Crippen molar-refractivity contribution in [2.24, 2.45) is 0 Å². The fourth-order valence-corrected chi connectivity index (χ4v) is 8.78. The molecule has 1 heterocycles. The van der Waals surface area contributed by atoms with Gasteiger partial charge in [-0.2, -0.15) is 8.42 Å². The number of hydrogen-bond acceptors (Lipinski definition) is 7. The molecule has 16 heteroatoms. The molecule has 0 saturated carbocycles. The number of halogens is 1. The molecule has 1 aliphatic carbocycles. The van der Waals surface area contributed by atoms with E-state index in [1.807, 2.05) is 64.1 Å². The Morgan fingerprint density at radius 2 is 1.50 bits per heavy atom. The van der Waals surface area contributed by atoms with Crippen LogP contribution in [0.5, 0.6) is 0 Å². The van der Waals surface area contributed by atoms with E-state index in [0.717, 1.165) is 43.3 Å². The lowest BCUT2D eigenvalue weighted by atomic mass is 9.93. The maximum atomic E-state index is 13.5. The lowest BCUT2D eigenvalue weighted by Crippen LogP contribution is -2.29. The van der Waals surface area contributed by atoms with Crippen LogP contribution < -0.4 is 19.6 Å². The number of rotatable bonds is 13. The number of nitrogens with zero attached hydrogens (tertiary/aromatic N) is 2. The largest absolute Gasteiger partial charge is 0.456 e.